The lowest BCUT2D eigenvalue weighted by atomic mass is 9.65. The first kappa shape index (κ1) is 11.8. The van der Waals surface area contributed by atoms with Crippen molar-refractivity contribution in [3.63, 3.8) is 0 Å². The highest BCUT2D eigenvalue weighted by molar-refractivity contribution is 5.66. The van der Waals surface area contributed by atoms with E-state index in [4.69, 9.17) is 11.3 Å². The van der Waals surface area contributed by atoms with E-state index in [9.17, 15) is 4.79 Å². The van der Waals surface area contributed by atoms with E-state index >= 15 is 0 Å². The highest BCUT2D eigenvalue weighted by Gasteiger charge is 2.70. The molecule has 4 saturated carbocycles. The number of fused-ring (bicyclic) bond motifs is 9. The smallest absolute Gasteiger partial charge is 0.303 e. The largest absolute Gasteiger partial charge is 0.459 e. The zero-order chi connectivity index (χ0) is 13.4. The van der Waals surface area contributed by atoms with Crippen LogP contribution >= 0.6 is 0 Å². The summed E-state index contributed by atoms with van der Waals surface area (Å²) in [5, 5.41) is 0. The van der Waals surface area contributed by atoms with E-state index < -0.39 is 0 Å². The van der Waals surface area contributed by atoms with Gasteiger partial charge in [0.05, 0.1) is 0 Å². The molecule has 0 aliphatic heterocycles. The first-order chi connectivity index (χ1) is 9.03. The Morgan fingerprint density at radius 1 is 1.26 bits per heavy atom. The maximum Gasteiger partial charge on any atom is 0.303 e. The van der Waals surface area contributed by atoms with Gasteiger partial charge in [0.25, 0.3) is 0 Å². The topological polar surface area (TPSA) is 30.7 Å². The predicted octanol–water partition coefficient (Wildman–Crippen LogP) is 2.91. The highest BCUT2D eigenvalue weighted by atomic mass is 16.6. The predicted molar refractivity (Wildman–Crippen MR) is 70.0 cm³/mol. The third kappa shape index (κ3) is 1.35. The minimum absolute atomic E-state index is 0.131. The monoisotopic (exact) mass is 259 g/mol. The molecule has 4 fully saturated rings. The molecule has 0 spiro atoms. The van der Waals surface area contributed by atoms with Crippen LogP contribution in [0.25, 0.3) is 4.85 Å². The van der Waals surface area contributed by atoms with Crippen LogP contribution in [0, 0.1) is 42.1 Å². The molecule has 4 aliphatic rings. The molecule has 8 atom stereocenters. The Balaban J connectivity index is 1.62. The SMILES string of the molecule is [C-]#[N+]C1CC2CC1C1C3CC(C21)C(C)(OC(C)=O)C3. The van der Waals surface area contributed by atoms with Gasteiger partial charge in [-0.3, -0.25) is 4.79 Å². The average molecular weight is 259 g/mol. The second-order valence-corrected chi connectivity index (χ2v) is 7.46. The summed E-state index contributed by atoms with van der Waals surface area (Å²) in [5.41, 5.74) is -0.213. The van der Waals surface area contributed by atoms with Crippen LogP contribution in [0.15, 0.2) is 0 Å². The van der Waals surface area contributed by atoms with Gasteiger partial charge in [0.2, 0.25) is 6.04 Å². The lowest BCUT2D eigenvalue weighted by Gasteiger charge is -2.43. The van der Waals surface area contributed by atoms with Gasteiger partial charge in [0.15, 0.2) is 0 Å². The van der Waals surface area contributed by atoms with E-state index in [2.05, 4.69) is 11.8 Å². The van der Waals surface area contributed by atoms with Crippen LogP contribution < -0.4 is 0 Å². The number of hydrogen-bond acceptors (Lipinski definition) is 2. The van der Waals surface area contributed by atoms with Crippen LogP contribution in [-0.4, -0.2) is 17.6 Å². The van der Waals surface area contributed by atoms with Crippen molar-refractivity contribution in [2.75, 3.05) is 0 Å². The van der Waals surface area contributed by atoms with Crippen LogP contribution in [0.5, 0.6) is 0 Å². The van der Waals surface area contributed by atoms with E-state index in [1.807, 2.05) is 0 Å². The van der Waals surface area contributed by atoms with Gasteiger partial charge < -0.3 is 9.58 Å². The highest BCUT2D eigenvalue weighted by Crippen LogP contribution is 2.70. The summed E-state index contributed by atoms with van der Waals surface area (Å²) in [6, 6.07) is 0.297. The van der Waals surface area contributed by atoms with Gasteiger partial charge >= 0.3 is 5.97 Å². The molecule has 3 heteroatoms. The van der Waals surface area contributed by atoms with Gasteiger partial charge in [-0.2, -0.15) is 0 Å². The van der Waals surface area contributed by atoms with Crippen molar-refractivity contribution in [3.8, 4) is 0 Å². The number of carbonyl (C=O) groups excluding carboxylic acids is 1. The van der Waals surface area contributed by atoms with E-state index in [-0.39, 0.29) is 11.6 Å². The van der Waals surface area contributed by atoms with Gasteiger partial charge in [-0.1, -0.05) is 0 Å². The summed E-state index contributed by atoms with van der Waals surface area (Å²) in [7, 11) is 0. The standard InChI is InChI=1S/C16H21NO2/c1-8(18)19-16(2)7-10-5-12(16)15-9-4-11(14(10)15)13(6-9)17-3/h9-15H,4-7H2,1-2H3. The van der Waals surface area contributed by atoms with Crippen molar-refractivity contribution >= 4 is 5.97 Å². The summed E-state index contributed by atoms with van der Waals surface area (Å²) < 4.78 is 5.70. The van der Waals surface area contributed by atoms with E-state index in [1.165, 1.54) is 19.8 Å². The third-order valence-electron chi connectivity index (χ3n) is 6.66. The van der Waals surface area contributed by atoms with Gasteiger partial charge in [0, 0.05) is 25.2 Å². The Morgan fingerprint density at radius 3 is 2.74 bits per heavy atom. The molecule has 8 unspecified atom stereocenters. The Hall–Kier alpha value is -1.04. The van der Waals surface area contributed by atoms with Crippen molar-refractivity contribution in [3.05, 3.63) is 11.4 Å². The molecule has 102 valence electrons. The number of esters is 1. The first-order valence-electron chi connectivity index (χ1n) is 7.59. The Bertz CT molecular complexity index is 482. The van der Waals surface area contributed by atoms with Crippen LogP contribution in [0.4, 0.5) is 0 Å². The van der Waals surface area contributed by atoms with Crippen molar-refractivity contribution in [1.82, 2.24) is 0 Å². The molecule has 19 heavy (non-hydrogen) atoms. The molecular weight excluding hydrogens is 238 g/mol. The average Bonchev–Trinajstić information content (AvgIpc) is 3.01. The molecule has 0 aromatic carbocycles. The van der Waals surface area contributed by atoms with Gasteiger partial charge in [-0.15, -0.1) is 0 Å². The summed E-state index contributed by atoms with van der Waals surface area (Å²) in [6.07, 6.45) is 4.64. The Morgan fingerprint density at radius 2 is 2.05 bits per heavy atom. The van der Waals surface area contributed by atoms with E-state index in [1.54, 1.807) is 0 Å². The van der Waals surface area contributed by atoms with Crippen molar-refractivity contribution in [2.45, 2.75) is 51.2 Å². The van der Waals surface area contributed by atoms with E-state index in [0.717, 1.165) is 30.6 Å². The number of rotatable bonds is 1. The second-order valence-electron chi connectivity index (χ2n) is 7.46. The zero-order valence-electron chi connectivity index (χ0n) is 11.6. The minimum atomic E-state index is -0.213. The lowest BCUT2D eigenvalue weighted by molar-refractivity contribution is -0.165. The van der Waals surface area contributed by atoms with Gasteiger partial charge in [-0.25, -0.2) is 6.57 Å². The summed E-state index contributed by atoms with van der Waals surface area (Å²) >= 11 is 0. The molecule has 3 nitrogen and oxygen atoms in total. The minimum Gasteiger partial charge on any atom is -0.459 e. The second kappa shape index (κ2) is 3.53. The van der Waals surface area contributed by atoms with Crippen molar-refractivity contribution in [1.29, 1.82) is 0 Å². The molecule has 0 radical (unpaired) electrons. The fourth-order valence-corrected chi connectivity index (χ4v) is 6.46. The molecule has 0 aromatic heterocycles. The zero-order valence-corrected chi connectivity index (χ0v) is 11.6. The number of carbonyl (C=O) groups is 1. The van der Waals surface area contributed by atoms with Crippen LogP contribution in [0.1, 0.15) is 39.5 Å². The number of nitrogens with zero attached hydrogens (tertiary/aromatic N) is 1. The summed E-state index contributed by atoms with van der Waals surface area (Å²) in [4.78, 5) is 15.2. The first-order valence-corrected chi connectivity index (χ1v) is 7.59. The molecule has 4 bridgehead atoms. The van der Waals surface area contributed by atoms with E-state index in [0.29, 0.717) is 23.8 Å². The van der Waals surface area contributed by atoms with Crippen LogP contribution in [-0.2, 0) is 9.53 Å². The van der Waals surface area contributed by atoms with Gasteiger partial charge in [-0.05, 0) is 49.9 Å². The molecule has 0 aromatic rings. The van der Waals surface area contributed by atoms with Crippen LogP contribution in [0.2, 0.25) is 0 Å². The molecule has 4 rings (SSSR count). The third-order valence-corrected chi connectivity index (χ3v) is 6.66. The fourth-order valence-electron chi connectivity index (χ4n) is 6.46. The van der Waals surface area contributed by atoms with Crippen molar-refractivity contribution < 1.29 is 9.53 Å². The van der Waals surface area contributed by atoms with Gasteiger partial charge in [0.1, 0.15) is 5.60 Å². The lowest BCUT2D eigenvalue weighted by Crippen LogP contribution is -2.46. The van der Waals surface area contributed by atoms with Crippen LogP contribution in [0.3, 0.4) is 0 Å². The molecular formula is C16H21NO2. The summed E-state index contributed by atoms with van der Waals surface area (Å²) in [6.45, 7) is 11.0. The molecule has 4 aliphatic carbocycles. The maximum absolute atomic E-state index is 11.4. The molecule has 0 N–H and O–H groups in total. The number of ether oxygens (including phenoxy) is 1. The number of hydrogen-bond donors (Lipinski definition) is 0. The maximum atomic E-state index is 11.4. The summed E-state index contributed by atoms with van der Waals surface area (Å²) in [5.74, 6) is 4.04. The quantitative estimate of drug-likeness (QED) is 0.412. The fraction of sp³-hybridized carbons (Fsp3) is 0.875. The Labute approximate surface area is 114 Å². The molecule has 0 saturated heterocycles. The molecule has 0 heterocycles. The Kier molecular flexibility index (Phi) is 2.19. The van der Waals surface area contributed by atoms with Crippen molar-refractivity contribution in [2.24, 2.45) is 35.5 Å². The normalized spacial score (nSPS) is 57.0. The molecule has 0 amide bonds.